The van der Waals surface area contributed by atoms with E-state index in [4.69, 9.17) is 9.47 Å². The Bertz CT molecular complexity index is 1100. The molecule has 3 rings (SSSR count). The van der Waals surface area contributed by atoms with E-state index in [-0.39, 0.29) is 19.0 Å². The van der Waals surface area contributed by atoms with Gasteiger partial charge in [0.15, 0.2) is 11.5 Å². The molecule has 2 N–H and O–H groups in total. The van der Waals surface area contributed by atoms with Crippen LogP contribution in [0.15, 0.2) is 77.9 Å². The molecule has 32 heavy (non-hydrogen) atoms. The lowest BCUT2D eigenvalue weighted by Crippen LogP contribution is -2.37. The minimum Gasteiger partial charge on any atom is -0.493 e. The Labute approximate surface area is 184 Å². The van der Waals surface area contributed by atoms with E-state index in [1.54, 1.807) is 36.4 Å². The number of nitrogens with one attached hydrogen (secondary N) is 2. The average molecular weight is 435 g/mol. The first-order chi connectivity index (χ1) is 15.6. The normalized spacial score (nSPS) is 10.6. The van der Waals surface area contributed by atoms with Crippen LogP contribution >= 0.6 is 0 Å². The van der Waals surface area contributed by atoms with E-state index in [0.29, 0.717) is 22.6 Å². The van der Waals surface area contributed by atoms with E-state index in [9.17, 15) is 14.0 Å². The summed E-state index contributed by atoms with van der Waals surface area (Å²) in [7, 11) is 1.48. The number of hydrazone groups is 1. The van der Waals surface area contributed by atoms with Crippen molar-refractivity contribution in [3.63, 3.8) is 0 Å². The minimum atomic E-state index is -0.881. The first-order valence-electron chi connectivity index (χ1n) is 9.76. The maximum absolute atomic E-state index is 13.7. The van der Waals surface area contributed by atoms with Crippen molar-refractivity contribution in [3.8, 4) is 11.5 Å². The zero-order valence-electron chi connectivity index (χ0n) is 17.4. The zero-order valence-corrected chi connectivity index (χ0v) is 17.4. The minimum absolute atomic E-state index is 0.0462. The van der Waals surface area contributed by atoms with Crippen LogP contribution in [0.5, 0.6) is 11.5 Å². The monoisotopic (exact) mass is 435 g/mol. The molecule has 0 saturated carbocycles. The van der Waals surface area contributed by atoms with E-state index in [1.807, 2.05) is 30.3 Å². The number of benzene rings is 3. The molecular weight excluding hydrogens is 413 g/mol. The topological polar surface area (TPSA) is 89.0 Å². The summed E-state index contributed by atoms with van der Waals surface area (Å²) in [4.78, 5) is 23.7. The van der Waals surface area contributed by atoms with Crippen LogP contribution in [0, 0.1) is 5.82 Å². The molecule has 3 aromatic rings. The molecule has 3 aromatic carbocycles. The second-order valence-corrected chi connectivity index (χ2v) is 6.66. The van der Waals surface area contributed by atoms with E-state index >= 15 is 0 Å². The summed E-state index contributed by atoms with van der Waals surface area (Å²) >= 11 is 0. The van der Waals surface area contributed by atoms with Gasteiger partial charge in [0.25, 0.3) is 0 Å². The quantitative estimate of drug-likeness (QED) is 0.323. The van der Waals surface area contributed by atoms with Gasteiger partial charge in [0, 0.05) is 12.1 Å². The number of rotatable bonds is 8. The van der Waals surface area contributed by atoms with Crippen molar-refractivity contribution < 1.29 is 23.5 Å². The van der Waals surface area contributed by atoms with Gasteiger partial charge in [0.2, 0.25) is 0 Å². The smallest absolute Gasteiger partial charge is 0.329 e. The van der Waals surface area contributed by atoms with Gasteiger partial charge in [-0.15, -0.1) is 0 Å². The summed E-state index contributed by atoms with van der Waals surface area (Å²) in [5.74, 6) is -1.18. The maximum Gasteiger partial charge on any atom is 0.329 e. The highest BCUT2D eigenvalue weighted by molar-refractivity contribution is 6.35. The van der Waals surface area contributed by atoms with Gasteiger partial charge in [-0.05, 0) is 35.4 Å². The van der Waals surface area contributed by atoms with Crippen molar-refractivity contribution in [2.75, 3.05) is 7.11 Å². The van der Waals surface area contributed by atoms with E-state index in [0.717, 1.165) is 5.56 Å². The molecule has 0 aliphatic carbocycles. The first-order valence-corrected chi connectivity index (χ1v) is 9.76. The molecule has 0 aliphatic heterocycles. The molecule has 0 aromatic heterocycles. The Morgan fingerprint density at radius 3 is 2.47 bits per heavy atom. The second kappa shape index (κ2) is 11.3. The highest BCUT2D eigenvalue weighted by atomic mass is 19.1. The summed E-state index contributed by atoms with van der Waals surface area (Å²) in [6.45, 7) is 0.285. The number of ether oxygens (including phenoxy) is 2. The van der Waals surface area contributed by atoms with Gasteiger partial charge in [0.1, 0.15) is 12.4 Å². The molecule has 164 valence electrons. The molecule has 7 nitrogen and oxygen atoms in total. The van der Waals surface area contributed by atoms with Gasteiger partial charge in [-0.2, -0.15) is 5.10 Å². The first kappa shape index (κ1) is 22.5. The van der Waals surface area contributed by atoms with E-state index in [2.05, 4.69) is 15.8 Å². The third-order valence-corrected chi connectivity index (χ3v) is 4.41. The van der Waals surface area contributed by atoms with Gasteiger partial charge in [0.05, 0.1) is 13.3 Å². The van der Waals surface area contributed by atoms with Gasteiger partial charge < -0.3 is 14.8 Å². The highest BCUT2D eigenvalue weighted by Gasteiger charge is 2.12. The van der Waals surface area contributed by atoms with Gasteiger partial charge in [-0.1, -0.05) is 48.5 Å². The number of halogens is 1. The largest absolute Gasteiger partial charge is 0.493 e. The highest BCUT2D eigenvalue weighted by Crippen LogP contribution is 2.28. The average Bonchev–Trinajstić information content (AvgIpc) is 2.83. The Hall–Kier alpha value is -4.20. The third-order valence-electron chi connectivity index (χ3n) is 4.41. The molecule has 0 unspecified atom stereocenters. The fraction of sp³-hybridized carbons (Fsp3) is 0.125. The van der Waals surface area contributed by atoms with Crippen LogP contribution in [0.1, 0.15) is 16.7 Å². The lowest BCUT2D eigenvalue weighted by molar-refractivity contribution is -0.139. The number of hydrogen-bond acceptors (Lipinski definition) is 5. The molecule has 0 saturated heterocycles. The fourth-order valence-corrected chi connectivity index (χ4v) is 2.73. The number of hydrogen-bond donors (Lipinski definition) is 2. The Balaban J connectivity index is 1.53. The molecule has 0 spiro atoms. The third kappa shape index (κ3) is 6.40. The summed E-state index contributed by atoms with van der Waals surface area (Å²) in [6, 6.07) is 20.6. The lowest BCUT2D eigenvalue weighted by Gasteiger charge is -2.11. The second-order valence-electron chi connectivity index (χ2n) is 6.66. The van der Waals surface area contributed by atoms with Gasteiger partial charge >= 0.3 is 11.8 Å². The van der Waals surface area contributed by atoms with Gasteiger partial charge in [-0.25, -0.2) is 9.82 Å². The van der Waals surface area contributed by atoms with E-state index in [1.165, 1.54) is 19.4 Å². The molecule has 0 bridgehead atoms. The number of amides is 2. The van der Waals surface area contributed by atoms with Crippen molar-refractivity contribution in [1.29, 1.82) is 0 Å². The molecule has 0 atom stereocenters. The van der Waals surface area contributed by atoms with Crippen LogP contribution in [-0.4, -0.2) is 25.1 Å². The van der Waals surface area contributed by atoms with Crippen molar-refractivity contribution in [1.82, 2.24) is 10.7 Å². The fourth-order valence-electron chi connectivity index (χ4n) is 2.73. The molecular formula is C24H22FN3O4. The summed E-state index contributed by atoms with van der Waals surface area (Å²) in [5, 5.41) is 6.31. The predicted molar refractivity (Wildman–Crippen MR) is 118 cm³/mol. The number of carbonyl (C=O) groups excluding carboxylic acids is 2. The Morgan fingerprint density at radius 1 is 0.969 bits per heavy atom. The molecule has 0 fully saturated rings. The summed E-state index contributed by atoms with van der Waals surface area (Å²) in [6.07, 6.45) is 1.37. The van der Waals surface area contributed by atoms with Crippen LogP contribution in [-0.2, 0) is 22.7 Å². The zero-order chi connectivity index (χ0) is 22.8. The number of methoxy groups -OCH3 is 1. The van der Waals surface area contributed by atoms with E-state index < -0.39 is 11.8 Å². The summed E-state index contributed by atoms with van der Waals surface area (Å²) in [5.41, 5.74) is 4.08. The van der Waals surface area contributed by atoms with Crippen molar-refractivity contribution in [2.24, 2.45) is 5.10 Å². The van der Waals surface area contributed by atoms with Crippen LogP contribution in [0.4, 0.5) is 4.39 Å². The van der Waals surface area contributed by atoms with Crippen LogP contribution in [0.2, 0.25) is 0 Å². The van der Waals surface area contributed by atoms with Gasteiger partial charge in [-0.3, -0.25) is 9.59 Å². The summed E-state index contributed by atoms with van der Waals surface area (Å²) < 4.78 is 24.7. The molecule has 0 radical (unpaired) electrons. The lowest BCUT2D eigenvalue weighted by atomic mass is 10.2. The molecule has 2 amide bonds. The van der Waals surface area contributed by atoms with Crippen molar-refractivity contribution >= 4 is 18.0 Å². The standard InChI is InChI=1S/C24H22FN3O4/c1-31-22-13-18(11-12-21(22)32-16-19-9-5-6-10-20(19)25)15-27-28-24(30)23(29)26-14-17-7-3-2-4-8-17/h2-13,15H,14,16H2,1H3,(H,26,29)(H,28,30). The van der Waals surface area contributed by atoms with Crippen LogP contribution < -0.4 is 20.2 Å². The van der Waals surface area contributed by atoms with Crippen LogP contribution in [0.3, 0.4) is 0 Å². The van der Waals surface area contributed by atoms with Crippen molar-refractivity contribution in [3.05, 3.63) is 95.3 Å². The maximum atomic E-state index is 13.7. The SMILES string of the molecule is COc1cc(C=NNC(=O)C(=O)NCc2ccccc2)ccc1OCc1ccccc1F. The molecule has 0 aliphatic rings. The predicted octanol–water partition coefficient (Wildman–Crippen LogP) is 3.18. The Morgan fingerprint density at radius 2 is 1.72 bits per heavy atom. The Kier molecular flexibility index (Phi) is 7.91. The molecule has 8 heteroatoms. The number of carbonyl (C=O) groups is 2. The van der Waals surface area contributed by atoms with Crippen molar-refractivity contribution in [2.45, 2.75) is 13.2 Å². The molecule has 0 heterocycles. The van der Waals surface area contributed by atoms with Crippen LogP contribution in [0.25, 0.3) is 0 Å². The number of nitrogens with zero attached hydrogens (tertiary/aromatic N) is 1.